The molecular formula is C15H24N4O2. The van der Waals surface area contributed by atoms with E-state index in [1.54, 1.807) is 6.07 Å². The maximum absolute atomic E-state index is 11.1. The molecular weight excluding hydrogens is 268 g/mol. The fourth-order valence-corrected chi connectivity index (χ4v) is 2.72. The van der Waals surface area contributed by atoms with Crippen LogP contribution in [0.3, 0.4) is 0 Å². The van der Waals surface area contributed by atoms with Gasteiger partial charge in [-0.1, -0.05) is 20.8 Å². The zero-order chi connectivity index (χ0) is 15.6. The zero-order valence-corrected chi connectivity index (χ0v) is 13.2. The predicted octanol–water partition coefficient (Wildman–Crippen LogP) is 3.29. The Balaban J connectivity index is 2.25. The lowest BCUT2D eigenvalue weighted by Gasteiger charge is -2.27. The molecule has 1 atom stereocenters. The summed E-state index contributed by atoms with van der Waals surface area (Å²) in [6.07, 6.45) is 1.10. The summed E-state index contributed by atoms with van der Waals surface area (Å²) < 4.78 is 0. The minimum absolute atomic E-state index is 0.0927. The van der Waals surface area contributed by atoms with E-state index in [4.69, 9.17) is 0 Å². The average molecular weight is 292 g/mol. The minimum Gasteiger partial charge on any atom is -0.370 e. The van der Waals surface area contributed by atoms with Crippen LogP contribution in [0.1, 0.15) is 34.1 Å². The summed E-state index contributed by atoms with van der Waals surface area (Å²) in [6, 6.07) is 3.07. The third kappa shape index (κ3) is 3.62. The Hall–Kier alpha value is -1.85. The van der Waals surface area contributed by atoms with Crippen LogP contribution in [-0.4, -0.2) is 29.5 Å². The van der Waals surface area contributed by atoms with Crippen molar-refractivity contribution in [1.29, 1.82) is 0 Å². The fraction of sp³-hybridized carbons (Fsp3) is 0.667. The van der Waals surface area contributed by atoms with Crippen LogP contribution in [0.4, 0.5) is 17.3 Å². The Kier molecular flexibility index (Phi) is 4.34. The molecule has 0 bridgehead atoms. The number of hydrogen-bond acceptors (Lipinski definition) is 5. The molecule has 1 aliphatic rings. The van der Waals surface area contributed by atoms with Crippen molar-refractivity contribution in [3.63, 3.8) is 0 Å². The molecule has 21 heavy (non-hydrogen) atoms. The quantitative estimate of drug-likeness (QED) is 0.681. The minimum atomic E-state index is -0.358. The average Bonchev–Trinajstić information content (AvgIpc) is 2.88. The molecule has 6 heteroatoms. The molecule has 1 aromatic heterocycles. The van der Waals surface area contributed by atoms with Gasteiger partial charge in [-0.05, 0) is 24.7 Å². The lowest BCUT2D eigenvalue weighted by molar-refractivity contribution is -0.384. The van der Waals surface area contributed by atoms with Crippen molar-refractivity contribution >= 4 is 17.3 Å². The molecule has 2 rings (SSSR count). The van der Waals surface area contributed by atoms with Gasteiger partial charge in [-0.3, -0.25) is 10.1 Å². The molecule has 0 amide bonds. The summed E-state index contributed by atoms with van der Waals surface area (Å²) in [6.45, 7) is 11.2. The van der Waals surface area contributed by atoms with Crippen LogP contribution in [0, 0.1) is 21.4 Å². The Labute approximate surface area is 125 Å². The number of hydrogen-bond donors (Lipinski definition) is 1. The largest absolute Gasteiger partial charge is 0.370 e. The Morgan fingerprint density at radius 2 is 2.19 bits per heavy atom. The molecule has 1 saturated heterocycles. The zero-order valence-electron chi connectivity index (χ0n) is 13.2. The highest BCUT2D eigenvalue weighted by Crippen LogP contribution is 2.36. The van der Waals surface area contributed by atoms with Gasteiger partial charge in [0.05, 0.1) is 17.1 Å². The van der Waals surface area contributed by atoms with E-state index in [0.717, 1.165) is 19.5 Å². The van der Waals surface area contributed by atoms with E-state index in [9.17, 15) is 10.1 Å². The number of rotatable bonds is 4. The predicted molar refractivity (Wildman–Crippen MR) is 84.8 cm³/mol. The first-order chi connectivity index (χ1) is 9.81. The van der Waals surface area contributed by atoms with E-state index in [1.807, 2.05) is 6.92 Å². The van der Waals surface area contributed by atoms with Crippen molar-refractivity contribution in [3.8, 4) is 0 Å². The van der Waals surface area contributed by atoms with E-state index < -0.39 is 0 Å². The normalized spacial score (nSPS) is 18.9. The van der Waals surface area contributed by atoms with Crippen molar-refractivity contribution in [2.45, 2.75) is 34.1 Å². The summed E-state index contributed by atoms with van der Waals surface area (Å²) >= 11 is 0. The summed E-state index contributed by atoms with van der Waals surface area (Å²) in [5, 5.41) is 14.1. The number of aromatic nitrogens is 1. The van der Waals surface area contributed by atoms with Crippen LogP contribution < -0.4 is 10.2 Å². The van der Waals surface area contributed by atoms with Crippen LogP contribution in [0.15, 0.2) is 12.1 Å². The first kappa shape index (κ1) is 15.5. The van der Waals surface area contributed by atoms with Gasteiger partial charge >= 0.3 is 0 Å². The highest BCUT2D eigenvalue weighted by Gasteiger charge is 2.32. The molecule has 1 aliphatic heterocycles. The molecule has 0 aliphatic carbocycles. The van der Waals surface area contributed by atoms with E-state index in [-0.39, 0.29) is 16.0 Å². The first-order valence-electron chi connectivity index (χ1n) is 7.46. The molecule has 0 spiro atoms. The third-order valence-corrected chi connectivity index (χ3v) is 4.10. The van der Waals surface area contributed by atoms with Crippen molar-refractivity contribution in [3.05, 3.63) is 22.2 Å². The van der Waals surface area contributed by atoms with Crippen LogP contribution in [-0.2, 0) is 0 Å². The number of nitrogens with zero attached hydrogens (tertiary/aromatic N) is 3. The van der Waals surface area contributed by atoms with E-state index in [0.29, 0.717) is 24.1 Å². The van der Waals surface area contributed by atoms with Gasteiger partial charge in [0.1, 0.15) is 11.6 Å². The second-order valence-corrected chi connectivity index (χ2v) is 6.65. The van der Waals surface area contributed by atoms with Gasteiger partial charge in [-0.15, -0.1) is 0 Å². The van der Waals surface area contributed by atoms with E-state index in [2.05, 4.69) is 36.0 Å². The fourth-order valence-electron chi connectivity index (χ4n) is 2.72. The molecule has 2 heterocycles. The lowest BCUT2D eigenvalue weighted by Crippen LogP contribution is -2.26. The van der Waals surface area contributed by atoms with Crippen LogP contribution in [0.5, 0.6) is 0 Å². The second-order valence-electron chi connectivity index (χ2n) is 6.65. The lowest BCUT2D eigenvalue weighted by atomic mass is 9.80. The topological polar surface area (TPSA) is 71.3 Å². The highest BCUT2D eigenvalue weighted by atomic mass is 16.6. The maximum atomic E-state index is 11.1. The number of nitrogens with one attached hydrogen (secondary N) is 1. The molecule has 0 saturated carbocycles. The monoisotopic (exact) mass is 292 g/mol. The standard InChI is InChI=1S/C15H24N4O2/c1-5-16-13-8-12(19(20)21)9-14(17-13)18-7-6-11(10-18)15(2,3)4/h8-9,11H,5-7,10H2,1-4H3,(H,16,17). The van der Waals surface area contributed by atoms with Crippen molar-refractivity contribution in [1.82, 2.24) is 4.98 Å². The van der Waals surface area contributed by atoms with Crippen LogP contribution in [0.2, 0.25) is 0 Å². The third-order valence-electron chi connectivity index (χ3n) is 4.10. The van der Waals surface area contributed by atoms with Crippen molar-refractivity contribution < 1.29 is 4.92 Å². The smallest absolute Gasteiger partial charge is 0.276 e. The summed E-state index contributed by atoms with van der Waals surface area (Å²) in [4.78, 5) is 17.4. The maximum Gasteiger partial charge on any atom is 0.276 e. The summed E-state index contributed by atoms with van der Waals surface area (Å²) in [7, 11) is 0. The molecule has 0 aromatic carbocycles. The highest BCUT2D eigenvalue weighted by molar-refractivity contribution is 5.56. The Morgan fingerprint density at radius 1 is 1.48 bits per heavy atom. The van der Waals surface area contributed by atoms with Gasteiger partial charge in [-0.25, -0.2) is 4.98 Å². The van der Waals surface area contributed by atoms with Crippen LogP contribution >= 0.6 is 0 Å². The van der Waals surface area contributed by atoms with Crippen molar-refractivity contribution in [2.75, 3.05) is 29.9 Å². The number of pyridine rings is 1. The Morgan fingerprint density at radius 3 is 2.71 bits per heavy atom. The van der Waals surface area contributed by atoms with Gasteiger partial charge in [0, 0.05) is 19.6 Å². The second kappa shape index (κ2) is 5.87. The van der Waals surface area contributed by atoms with Gasteiger partial charge < -0.3 is 10.2 Å². The molecule has 116 valence electrons. The molecule has 1 N–H and O–H groups in total. The van der Waals surface area contributed by atoms with Crippen molar-refractivity contribution in [2.24, 2.45) is 11.3 Å². The molecule has 1 unspecified atom stereocenters. The van der Waals surface area contributed by atoms with Gasteiger partial charge in [0.25, 0.3) is 5.69 Å². The van der Waals surface area contributed by atoms with Gasteiger partial charge in [0.2, 0.25) is 0 Å². The van der Waals surface area contributed by atoms with Gasteiger partial charge in [0.15, 0.2) is 0 Å². The summed E-state index contributed by atoms with van der Waals surface area (Å²) in [5.74, 6) is 1.86. The Bertz CT molecular complexity index is 525. The SMILES string of the molecule is CCNc1cc([N+](=O)[O-])cc(N2CCC(C(C)(C)C)C2)n1. The first-order valence-corrected chi connectivity index (χ1v) is 7.46. The molecule has 1 aromatic rings. The summed E-state index contributed by atoms with van der Waals surface area (Å²) in [5.41, 5.74) is 0.343. The molecule has 0 radical (unpaired) electrons. The van der Waals surface area contributed by atoms with Crippen LogP contribution in [0.25, 0.3) is 0 Å². The molecule has 1 fully saturated rings. The number of nitro groups is 1. The number of anilines is 2. The van der Waals surface area contributed by atoms with E-state index >= 15 is 0 Å². The van der Waals surface area contributed by atoms with Gasteiger partial charge in [-0.2, -0.15) is 0 Å². The van der Waals surface area contributed by atoms with E-state index in [1.165, 1.54) is 6.07 Å². The molecule has 6 nitrogen and oxygen atoms in total.